The molecule has 0 saturated heterocycles. The van der Waals surface area contributed by atoms with E-state index in [1.807, 2.05) is 36.9 Å². The van der Waals surface area contributed by atoms with Gasteiger partial charge in [0.05, 0.1) is 11.7 Å². The van der Waals surface area contributed by atoms with Gasteiger partial charge in [0.25, 0.3) is 0 Å². The van der Waals surface area contributed by atoms with Gasteiger partial charge in [0.2, 0.25) is 11.9 Å². The van der Waals surface area contributed by atoms with Gasteiger partial charge in [-0.25, -0.2) is 9.97 Å². The van der Waals surface area contributed by atoms with Gasteiger partial charge in [-0.15, -0.1) is 0 Å². The van der Waals surface area contributed by atoms with E-state index in [1.165, 1.54) is 0 Å². The van der Waals surface area contributed by atoms with Crippen LogP contribution in [0.4, 0.5) is 5.95 Å². The number of likely N-dealkylation sites (N-methyl/N-ethyl adjacent to an activating group) is 1. The second-order valence-corrected chi connectivity index (χ2v) is 4.62. The maximum atomic E-state index is 12.2. The molecule has 2 aromatic rings. The van der Waals surface area contributed by atoms with Gasteiger partial charge in [-0.1, -0.05) is 13.0 Å². The van der Waals surface area contributed by atoms with Crippen LogP contribution < -0.4 is 5.32 Å². The lowest BCUT2D eigenvalue weighted by Crippen LogP contribution is -2.41. The van der Waals surface area contributed by atoms with Crippen LogP contribution in [0.15, 0.2) is 42.9 Å². The molecule has 0 bridgehead atoms. The third-order valence-electron chi connectivity index (χ3n) is 3.23. The molecule has 1 atom stereocenters. The zero-order valence-electron chi connectivity index (χ0n) is 12.2. The fraction of sp³-hybridized carbons (Fsp3) is 0.333. The number of aromatic nitrogens is 3. The Balaban J connectivity index is 1.99. The SMILES string of the molecule is CCN(Cc1ccccn1)C(C)C(=O)Nc1ncccn1. The number of anilines is 1. The van der Waals surface area contributed by atoms with Crippen molar-refractivity contribution in [2.75, 3.05) is 11.9 Å². The van der Waals surface area contributed by atoms with E-state index < -0.39 is 0 Å². The molecule has 0 spiro atoms. The molecule has 6 nitrogen and oxygen atoms in total. The Kier molecular flexibility index (Phi) is 5.34. The van der Waals surface area contributed by atoms with Gasteiger partial charge < -0.3 is 0 Å². The van der Waals surface area contributed by atoms with Crippen molar-refractivity contribution in [3.05, 3.63) is 48.5 Å². The fourth-order valence-electron chi connectivity index (χ4n) is 1.97. The van der Waals surface area contributed by atoms with E-state index in [0.29, 0.717) is 12.5 Å². The number of nitrogens with one attached hydrogen (secondary N) is 1. The molecule has 2 heterocycles. The van der Waals surface area contributed by atoms with Crippen molar-refractivity contribution in [1.29, 1.82) is 0 Å². The van der Waals surface area contributed by atoms with E-state index in [4.69, 9.17) is 0 Å². The Hall–Kier alpha value is -2.34. The van der Waals surface area contributed by atoms with Crippen LogP contribution >= 0.6 is 0 Å². The molecular formula is C15H19N5O. The van der Waals surface area contributed by atoms with Crippen LogP contribution in [-0.2, 0) is 11.3 Å². The molecule has 0 radical (unpaired) electrons. The van der Waals surface area contributed by atoms with E-state index in [2.05, 4.69) is 20.3 Å². The maximum absolute atomic E-state index is 12.2. The third-order valence-corrected chi connectivity index (χ3v) is 3.23. The largest absolute Gasteiger partial charge is 0.293 e. The molecule has 0 fully saturated rings. The van der Waals surface area contributed by atoms with Crippen LogP contribution in [0.25, 0.3) is 0 Å². The molecule has 21 heavy (non-hydrogen) atoms. The van der Waals surface area contributed by atoms with Crippen LogP contribution in [0, 0.1) is 0 Å². The van der Waals surface area contributed by atoms with Crippen molar-refractivity contribution in [1.82, 2.24) is 19.9 Å². The summed E-state index contributed by atoms with van der Waals surface area (Å²) in [7, 11) is 0. The van der Waals surface area contributed by atoms with E-state index >= 15 is 0 Å². The Labute approximate surface area is 124 Å². The molecule has 2 rings (SSSR count). The topological polar surface area (TPSA) is 71.0 Å². The molecule has 1 N–H and O–H groups in total. The summed E-state index contributed by atoms with van der Waals surface area (Å²) in [5.41, 5.74) is 0.940. The summed E-state index contributed by atoms with van der Waals surface area (Å²) in [5, 5.41) is 2.72. The van der Waals surface area contributed by atoms with E-state index in [9.17, 15) is 4.79 Å². The average molecular weight is 285 g/mol. The van der Waals surface area contributed by atoms with Gasteiger partial charge >= 0.3 is 0 Å². The van der Waals surface area contributed by atoms with Gasteiger partial charge in [0.15, 0.2) is 0 Å². The molecule has 2 aromatic heterocycles. The van der Waals surface area contributed by atoms with Gasteiger partial charge in [-0.05, 0) is 31.7 Å². The van der Waals surface area contributed by atoms with E-state index in [-0.39, 0.29) is 11.9 Å². The van der Waals surface area contributed by atoms with Crippen molar-refractivity contribution in [2.24, 2.45) is 0 Å². The molecule has 0 aliphatic carbocycles. The molecule has 110 valence electrons. The van der Waals surface area contributed by atoms with Crippen LogP contribution in [0.5, 0.6) is 0 Å². The molecule has 0 aromatic carbocycles. The maximum Gasteiger partial charge on any atom is 0.243 e. The van der Waals surface area contributed by atoms with Gasteiger partial charge in [-0.3, -0.25) is 20.0 Å². The van der Waals surface area contributed by atoms with Crippen molar-refractivity contribution in [2.45, 2.75) is 26.4 Å². The highest BCUT2D eigenvalue weighted by Crippen LogP contribution is 2.07. The standard InChI is InChI=1S/C15H19N5O/c1-3-20(11-13-7-4-5-8-16-13)12(2)14(21)19-15-17-9-6-10-18-15/h4-10,12H,3,11H2,1-2H3,(H,17,18,19,21). The summed E-state index contributed by atoms with van der Waals surface area (Å²) >= 11 is 0. The van der Waals surface area contributed by atoms with Crippen molar-refractivity contribution < 1.29 is 4.79 Å². The molecule has 0 aliphatic rings. The summed E-state index contributed by atoms with van der Waals surface area (Å²) in [5.74, 6) is 0.197. The summed E-state index contributed by atoms with van der Waals surface area (Å²) in [6.45, 7) is 5.26. The van der Waals surface area contributed by atoms with Gasteiger partial charge in [0.1, 0.15) is 0 Å². The highest BCUT2D eigenvalue weighted by atomic mass is 16.2. The Morgan fingerprint density at radius 1 is 1.19 bits per heavy atom. The lowest BCUT2D eigenvalue weighted by Gasteiger charge is -2.26. The first kappa shape index (κ1) is 15.1. The summed E-state index contributed by atoms with van der Waals surface area (Å²) in [6.07, 6.45) is 4.95. The number of nitrogens with zero attached hydrogens (tertiary/aromatic N) is 4. The van der Waals surface area contributed by atoms with Crippen molar-refractivity contribution in [3.8, 4) is 0 Å². The van der Waals surface area contributed by atoms with Crippen LogP contribution in [0.2, 0.25) is 0 Å². The zero-order valence-corrected chi connectivity index (χ0v) is 12.2. The summed E-state index contributed by atoms with van der Waals surface area (Å²) in [4.78, 5) is 26.6. The van der Waals surface area contributed by atoms with Crippen LogP contribution in [0.3, 0.4) is 0 Å². The minimum atomic E-state index is -0.291. The summed E-state index contributed by atoms with van der Waals surface area (Å²) < 4.78 is 0. The van der Waals surface area contributed by atoms with Crippen LogP contribution in [0.1, 0.15) is 19.5 Å². The molecule has 6 heteroatoms. The Bertz CT molecular complexity index is 561. The van der Waals surface area contributed by atoms with Crippen molar-refractivity contribution >= 4 is 11.9 Å². The summed E-state index contributed by atoms with van der Waals surface area (Å²) in [6, 6.07) is 7.19. The van der Waals surface area contributed by atoms with Crippen LogP contribution in [-0.4, -0.2) is 38.3 Å². The lowest BCUT2D eigenvalue weighted by atomic mass is 10.2. The number of rotatable bonds is 6. The average Bonchev–Trinajstić information content (AvgIpc) is 2.54. The normalized spacial score (nSPS) is 12.1. The van der Waals surface area contributed by atoms with Gasteiger partial charge in [-0.2, -0.15) is 0 Å². The number of carbonyl (C=O) groups is 1. The quantitative estimate of drug-likeness (QED) is 0.875. The first-order valence-corrected chi connectivity index (χ1v) is 6.92. The minimum Gasteiger partial charge on any atom is -0.293 e. The van der Waals surface area contributed by atoms with Crippen molar-refractivity contribution in [3.63, 3.8) is 0 Å². The fourth-order valence-corrected chi connectivity index (χ4v) is 1.97. The molecule has 0 saturated carbocycles. The lowest BCUT2D eigenvalue weighted by molar-refractivity contribution is -0.121. The highest BCUT2D eigenvalue weighted by Gasteiger charge is 2.21. The number of amides is 1. The molecular weight excluding hydrogens is 266 g/mol. The smallest absolute Gasteiger partial charge is 0.243 e. The predicted octanol–water partition coefficient (Wildman–Crippen LogP) is 1.72. The highest BCUT2D eigenvalue weighted by molar-refractivity contribution is 5.92. The third kappa shape index (κ3) is 4.32. The Morgan fingerprint density at radius 3 is 2.52 bits per heavy atom. The second kappa shape index (κ2) is 7.44. The first-order chi connectivity index (χ1) is 10.2. The number of hydrogen-bond acceptors (Lipinski definition) is 5. The monoisotopic (exact) mass is 285 g/mol. The predicted molar refractivity (Wildman–Crippen MR) is 80.4 cm³/mol. The molecule has 1 amide bonds. The molecule has 1 unspecified atom stereocenters. The number of pyridine rings is 1. The van der Waals surface area contributed by atoms with E-state index in [1.54, 1.807) is 24.7 Å². The number of hydrogen-bond donors (Lipinski definition) is 1. The number of carbonyl (C=O) groups excluding carboxylic acids is 1. The molecule has 0 aliphatic heterocycles. The first-order valence-electron chi connectivity index (χ1n) is 6.92. The Morgan fingerprint density at radius 2 is 1.90 bits per heavy atom. The minimum absolute atomic E-state index is 0.126. The van der Waals surface area contributed by atoms with E-state index in [0.717, 1.165) is 12.2 Å². The van der Waals surface area contributed by atoms with Gasteiger partial charge in [0, 0.05) is 25.1 Å². The zero-order chi connectivity index (χ0) is 15.1. The second-order valence-electron chi connectivity index (χ2n) is 4.62.